The maximum Gasteiger partial charge on any atom is 0.300 e. The minimum atomic E-state index is -0.698. The number of rotatable bonds is 0. The predicted molar refractivity (Wildman–Crippen MR) is 86.1 cm³/mol. The average Bonchev–Trinajstić information content (AvgIpc) is 2.79. The highest BCUT2D eigenvalue weighted by atomic mass is 16.2. The Morgan fingerprint density at radius 3 is 2.61 bits per heavy atom. The first-order chi connectivity index (χ1) is 11.0. The summed E-state index contributed by atoms with van der Waals surface area (Å²) in [5, 5.41) is 11.6. The van der Waals surface area contributed by atoms with Gasteiger partial charge in [0, 0.05) is 11.1 Å². The van der Waals surface area contributed by atoms with Crippen molar-refractivity contribution >= 4 is 28.2 Å². The molecule has 2 aromatic rings. The SMILES string of the molecule is CC1(C)Cc2c(ccc3ccccc23)C2=C(C#N)C(=O)C(=O)N21. The molecule has 2 aromatic carbocycles. The van der Waals surface area contributed by atoms with E-state index in [9.17, 15) is 14.9 Å². The monoisotopic (exact) mass is 302 g/mol. The van der Waals surface area contributed by atoms with Gasteiger partial charge in [0.05, 0.1) is 5.70 Å². The molecular weight excluding hydrogens is 288 g/mol. The van der Waals surface area contributed by atoms with Gasteiger partial charge >= 0.3 is 5.91 Å². The Kier molecular flexibility index (Phi) is 2.56. The molecule has 2 heterocycles. The van der Waals surface area contributed by atoms with Crippen LogP contribution in [0.25, 0.3) is 16.5 Å². The van der Waals surface area contributed by atoms with Crippen LogP contribution in [0.2, 0.25) is 0 Å². The van der Waals surface area contributed by atoms with Gasteiger partial charge in [0.2, 0.25) is 0 Å². The standard InChI is InChI=1S/C19H14N2O2/c1-19(2)9-14-12-6-4-3-5-11(12)7-8-13(14)16-15(10-20)17(22)18(23)21(16)19/h3-8H,9H2,1-2H3. The van der Waals surface area contributed by atoms with E-state index in [-0.39, 0.29) is 5.57 Å². The van der Waals surface area contributed by atoms with Crippen LogP contribution in [0, 0.1) is 11.3 Å². The van der Waals surface area contributed by atoms with E-state index in [0.29, 0.717) is 12.1 Å². The molecule has 0 unspecified atom stereocenters. The van der Waals surface area contributed by atoms with Crippen molar-refractivity contribution in [3.05, 3.63) is 53.1 Å². The third kappa shape index (κ3) is 1.65. The molecule has 0 aliphatic carbocycles. The van der Waals surface area contributed by atoms with Crippen molar-refractivity contribution < 1.29 is 9.59 Å². The number of carbonyl (C=O) groups excluding carboxylic acids is 2. The van der Waals surface area contributed by atoms with Gasteiger partial charge in [-0.1, -0.05) is 36.4 Å². The Balaban J connectivity index is 2.13. The summed E-state index contributed by atoms with van der Waals surface area (Å²) in [6, 6.07) is 13.9. The van der Waals surface area contributed by atoms with Crippen LogP contribution >= 0.6 is 0 Å². The van der Waals surface area contributed by atoms with Gasteiger partial charge in [0.25, 0.3) is 5.78 Å². The maximum absolute atomic E-state index is 12.4. The number of nitrogens with zero attached hydrogens (tertiary/aromatic N) is 2. The fourth-order valence-electron chi connectivity index (χ4n) is 3.73. The third-order valence-corrected chi connectivity index (χ3v) is 4.71. The minimum Gasteiger partial charge on any atom is -0.297 e. The first kappa shape index (κ1) is 13.7. The number of hydrogen-bond acceptors (Lipinski definition) is 3. The van der Waals surface area contributed by atoms with E-state index in [1.165, 1.54) is 4.90 Å². The number of ketones is 1. The Morgan fingerprint density at radius 2 is 1.87 bits per heavy atom. The fraction of sp³-hybridized carbons (Fsp3) is 0.211. The highest BCUT2D eigenvalue weighted by molar-refractivity contribution is 6.50. The summed E-state index contributed by atoms with van der Waals surface area (Å²) < 4.78 is 0. The van der Waals surface area contributed by atoms with Gasteiger partial charge < -0.3 is 0 Å². The van der Waals surface area contributed by atoms with Crippen molar-refractivity contribution in [2.45, 2.75) is 25.8 Å². The Labute approximate surface area is 133 Å². The molecule has 112 valence electrons. The second kappa shape index (κ2) is 4.30. The zero-order valence-electron chi connectivity index (χ0n) is 12.9. The summed E-state index contributed by atoms with van der Waals surface area (Å²) in [5.41, 5.74) is 1.80. The molecule has 0 fully saturated rings. The van der Waals surface area contributed by atoms with Gasteiger partial charge in [0.15, 0.2) is 0 Å². The van der Waals surface area contributed by atoms with Gasteiger partial charge in [0.1, 0.15) is 11.6 Å². The molecule has 0 radical (unpaired) electrons. The second-order valence-corrected chi connectivity index (χ2v) is 6.61. The van der Waals surface area contributed by atoms with Gasteiger partial charge in [-0.15, -0.1) is 0 Å². The van der Waals surface area contributed by atoms with Crippen molar-refractivity contribution in [2.75, 3.05) is 0 Å². The molecule has 4 rings (SSSR count). The molecule has 2 aliphatic rings. The van der Waals surface area contributed by atoms with Crippen molar-refractivity contribution in [1.29, 1.82) is 5.26 Å². The van der Waals surface area contributed by atoms with E-state index in [1.54, 1.807) is 0 Å². The number of fused-ring (bicyclic) bond motifs is 5. The van der Waals surface area contributed by atoms with E-state index in [1.807, 2.05) is 56.3 Å². The van der Waals surface area contributed by atoms with Crippen LogP contribution in [0.3, 0.4) is 0 Å². The largest absolute Gasteiger partial charge is 0.300 e. The van der Waals surface area contributed by atoms with Gasteiger partial charge in [-0.25, -0.2) is 0 Å². The molecule has 4 heteroatoms. The van der Waals surface area contributed by atoms with E-state index in [4.69, 9.17) is 0 Å². The lowest BCUT2D eigenvalue weighted by Gasteiger charge is -2.42. The number of amides is 1. The zero-order chi connectivity index (χ0) is 16.4. The lowest BCUT2D eigenvalue weighted by Crippen LogP contribution is -2.49. The van der Waals surface area contributed by atoms with Crippen LogP contribution < -0.4 is 0 Å². The van der Waals surface area contributed by atoms with Crippen LogP contribution in [-0.4, -0.2) is 22.1 Å². The summed E-state index contributed by atoms with van der Waals surface area (Å²) >= 11 is 0. The Bertz CT molecular complexity index is 977. The molecule has 0 atom stereocenters. The molecule has 0 saturated heterocycles. The summed E-state index contributed by atoms with van der Waals surface area (Å²) in [4.78, 5) is 26.1. The molecule has 4 nitrogen and oxygen atoms in total. The topological polar surface area (TPSA) is 61.2 Å². The highest BCUT2D eigenvalue weighted by Crippen LogP contribution is 2.45. The number of carbonyl (C=O) groups is 2. The molecular formula is C19H14N2O2. The van der Waals surface area contributed by atoms with Gasteiger partial charge in [-0.05, 0) is 36.6 Å². The second-order valence-electron chi connectivity index (χ2n) is 6.61. The summed E-state index contributed by atoms with van der Waals surface area (Å²) in [6.07, 6.45) is 0.644. The van der Waals surface area contributed by atoms with E-state index >= 15 is 0 Å². The van der Waals surface area contributed by atoms with Crippen LogP contribution in [0.4, 0.5) is 0 Å². The first-order valence-corrected chi connectivity index (χ1v) is 7.50. The van der Waals surface area contributed by atoms with Crippen LogP contribution in [0.15, 0.2) is 42.0 Å². The fourth-order valence-corrected chi connectivity index (χ4v) is 3.73. The van der Waals surface area contributed by atoms with E-state index in [2.05, 4.69) is 0 Å². The molecule has 1 amide bonds. The van der Waals surface area contributed by atoms with E-state index < -0.39 is 17.2 Å². The third-order valence-electron chi connectivity index (χ3n) is 4.71. The molecule has 2 aliphatic heterocycles. The summed E-state index contributed by atoms with van der Waals surface area (Å²) in [6.45, 7) is 3.87. The first-order valence-electron chi connectivity index (χ1n) is 7.50. The highest BCUT2D eigenvalue weighted by Gasteiger charge is 2.49. The van der Waals surface area contributed by atoms with Crippen LogP contribution in [0.1, 0.15) is 25.0 Å². The van der Waals surface area contributed by atoms with Crippen molar-refractivity contribution in [1.82, 2.24) is 4.90 Å². The van der Waals surface area contributed by atoms with Crippen molar-refractivity contribution in [3.63, 3.8) is 0 Å². The maximum atomic E-state index is 12.4. The molecule has 0 spiro atoms. The van der Waals surface area contributed by atoms with Crippen molar-refractivity contribution in [3.8, 4) is 6.07 Å². The van der Waals surface area contributed by atoms with Crippen LogP contribution in [-0.2, 0) is 16.0 Å². The minimum absolute atomic E-state index is 0.0423. The smallest absolute Gasteiger partial charge is 0.297 e. The normalized spacial score (nSPS) is 18.9. The molecule has 0 N–H and O–H groups in total. The quantitative estimate of drug-likeness (QED) is 0.703. The van der Waals surface area contributed by atoms with E-state index in [0.717, 1.165) is 21.9 Å². The van der Waals surface area contributed by atoms with Gasteiger partial charge in [-0.3, -0.25) is 14.5 Å². The number of benzene rings is 2. The van der Waals surface area contributed by atoms with Crippen LogP contribution in [0.5, 0.6) is 0 Å². The number of nitriles is 1. The Morgan fingerprint density at radius 1 is 1.13 bits per heavy atom. The van der Waals surface area contributed by atoms with Gasteiger partial charge in [-0.2, -0.15) is 5.26 Å². The summed E-state index contributed by atoms with van der Waals surface area (Å²) in [7, 11) is 0. The lowest BCUT2D eigenvalue weighted by molar-refractivity contribution is -0.141. The molecule has 0 bridgehead atoms. The predicted octanol–water partition coefficient (Wildman–Crippen LogP) is 2.82. The lowest BCUT2D eigenvalue weighted by atomic mass is 9.81. The molecule has 0 saturated carbocycles. The zero-order valence-corrected chi connectivity index (χ0v) is 12.9. The number of hydrogen-bond donors (Lipinski definition) is 0. The summed E-state index contributed by atoms with van der Waals surface area (Å²) in [5.74, 6) is -1.29. The molecule has 23 heavy (non-hydrogen) atoms. The Hall–Kier alpha value is -2.93. The molecule has 0 aromatic heterocycles. The van der Waals surface area contributed by atoms with Crippen molar-refractivity contribution in [2.24, 2.45) is 0 Å². The number of Topliss-reactive ketones (excluding diaryl/α,β-unsaturated/α-hetero) is 1. The average molecular weight is 302 g/mol.